The molecule has 0 bridgehead atoms. The molecule has 108 valence electrons. The van der Waals surface area contributed by atoms with Crippen molar-refractivity contribution in [2.75, 3.05) is 13.2 Å². The minimum absolute atomic E-state index is 0.0972. The lowest BCUT2D eigenvalue weighted by atomic mass is 9.61. The number of rotatable bonds is 1. The average molecular weight is 278 g/mol. The molecule has 2 aliphatic carbocycles. The minimum atomic E-state index is -0.893. The number of hydrogen-bond donors (Lipinski definition) is 1. The largest absolute Gasteiger partial charge is 0.478 e. The zero-order chi connectivity index (χ0) is 14.3. The Hall–Kier alpha value is -1.36. The molecule has 1 N–H and O–H groups in total. The Kier molecular flexibility index (Phi) is 2.03. The monoisotopic (exact) mass is 278 g/mol. The maximum atomic E-state index is 12.2. The molecule has 2 spiro atoms. The first-order valence-electron chi connectivity index (χ1n) is 7.09. The second-order valence-electron chi connectivity index (χ2n) is 7.39. The third-order valence-corrected chi connectivity index (χ3v) is 5.73. The van der Waals surface area contributed by atoms with Gasteiger partial charge in [0.2, 0.25) is 0 Å². The lowest BCUT2D eigenvalue weighted by Gasteiger charge is -2.44. The molecule has 5 heteroatoms. The molecule has 4 rings (SSSR count). The number of epoxide rings is 1. The lowest BCUT2D eigenvalue weighted by Crippen LogP contribution is -2.56. The van der Waals surface area contributed by atoms with Crippen LogP contribution < -0.4 is 0 Å². The Morgan fingerprint density at radius 1 is 1.45 bits per heavy atom. The fourth-order valence-electron chi connectivity index (χ4n) is 5.08. The van der Waals surface area contributed by atoms with E-state index in [4.69, 9.17) is 9.47 Å². The standard InChI is InChI=1S/C15H18O5/c1-13(2)4-8-3-9(11(16)17)10-5-19-12(18)15(7-20-15)14(8,10)6-13/h3,8,10H,4-7H2,1-2H3,(H,16,17)/t8-,10+,14-,15-/m1/s1. The molecule has 0 amide bonds. The molecule has 4 aliphatic rings. The van der Waals surface area contributed by atoms with Gasteiger partial charge in [-0.3, -0.25) is 0 Å². The summed E-state index contributed by atoms with van der Waals surface area (Å²) in [5.74, 6) is -1.32. The molecule has 0 aromatic heterocycles. The van der Waals surface area contributed by atoms with Gasteiger partial charge in [-0.1, -0.05) is 19.9 Å². The number of carboxylic acid groups (broad SMARTS) is 1. The topological polar surface area (TPSA) is 76.1 Å². The van der Waals surface area contributed by atoms with Gasteiger partial charge in [0.25, 0.3) is 0 Å². The maximum Gasteiger partial charge on any atom is 0.341 e. The Labute approximate surface area is 116 Å². The van der Waals surface area contributed by atoms with Gasteiger partial charge in [0.1, 0.15) is 0 Å². The van der Waals surface area contributed by atoms with Gasteiger partial charge in [0.05, 0.1) is 13.2 Å². The van der Waals surface area contributed by atoms with E-state index in [9.17, 15) is 14.7 Å². The van der Waals surface area contributed by atoms with E-state index in [-0.39, 0.29) is 29.8 Å². The summed E-state index contributed by atoms with van der Waals surface area (Å²) in [6.45, 7) is 4.91. The predicted octanol–water partition coefficient (Wildman–Crippen LogP) is 1.38. The van der Waals surface area contributed by atoms with Crippen molar-refractivity contribution in [3.05, 3.63) is 11.6 Å². The highest BCUT2D eigenvalue weighted by molar-refractivity contribution is 5.92. The van der Waals surface area contributed by atoms with E-state index in [2.05, 4.69) is 13.8 Å². The van der Waals surface area contributed by atoms with Crippen LogP contribution in [-0.4, -0.2) is 35.9 Å². The second-order valence-corrected chi connectivity index (χ2v) is 7.39. The van der Waals surface area contributed by atoms with Crippen LogP contribution in [0.25, 0.3) is 0 Å². The number of carboxylic acids is 1. The third kappa shape index (κ3) is 1.18. The summed E-state index contributed by atoms with van der Waals surface area (Å²) in [5.41, 5.74) is -0.783. The third-order valence-electron chi connectivity index (χ3n) is 5.73. The molecule has 3 fully saturated rings. The Balaban J connectivity index is 1.88. The number of hydrogen-bond acceptors (Lipinski definition) is 4. The van der Waals surface area contributed by atoms with Crippen LogP contribution in [0.1, 0.15) is 26.7 Å². The van der Waals surface area contributed by atoms with E-state index in [1.807, 2.05) is 6.08 Å². The van der Waals surface area contributed by atoms with Crippen molar-refractivity contribution in [1.82, 2.24) is 0 Å². The normalized spacial score (nSPS) is 47.5. The molecule has 2 heterocycles. The number of carbonyl (C=O) groups excluding carboxylic acids is 1. The van der Waals surface area contributed by atoms with Gasteiger partial charge in [0, 0.05) is 16.9 Å². The number of ether oxygens (including phenoxy) is 2. The van der Waals surface area contributed by atoms with Gasteiger partial charge >= 0.3 is 11.9 Å². The van der Waals surface area contributed by atoms with Crippen molar-refractivity contribution < 1.29 is 24.2 Å². The van der Waals surface area contributed by atoms with Crippen LogP contribution in [0.15, 0.2) is 11.6 Å². The predicted molar refractivity (Wildman–Crippen MR) is 67.8 cm³/mol. The molecular weight excluding hydrogens is 260 g/mol. The highest BCUT2D eigenvalue weighted by Gasteiger charge is 2.79. The zero-order valence-corrected chi connectivity index (χ0v) is 11.6. The van der Waals surface area contributed by atoms with Gasteiger partial charge in [-0.05, 0) is 24.2 Å². The molecule has 0 aromatic rings. The van der Waals surface area contributed by atoms with Crippen molar-refractivity contribution in [3.8, 4) is 0 Å². The first-order chi connectivity index (χ1) is 9.32. The highest BCUT2D eigenvalue weighted by Crippen LogP contribution is 2.71. The van der Waals surface area contributed by atoms with Crippen molar-refractivity contribution >= 4 is 11.9 Å². The number of cyclic esters (lactones) is 1. The van der Waals surface area contributed by atoms with Gasteiger partial charge in [-0.2, -0.15) is 0 Å². The van der Waals surface area contributed by atoms with Gasteiger partial charge in [-0.15, -0.1) is 0 Å². The first-order valence-corrected chi connectivity index (χ1v) is 7.09. The molecule has 0 radical (unpaired) electrons. The van der Waals surface area contributed by atoms with E-state index in [1.54, 1.807) is 0 Å². The van der Waals surface area contributed by atoms with Crippen LogP contribution in [0, 0.1) is 22.7 Å². The molecule has 2 aliphatic heterocycles. The van der Waals surface area contributed by atoms with Gasteiger partial charge in [0.15, 0.2) is 5.60 Å². The van der Waals surface area contributed by atoms with Crippen molar-refractivity contribution in [1.29, 1.82) is 0 Å². The minimum Gasteiger partial charge on any atom is -0.478 e. The fraction of sp³-hybridized carbons (Fsp3) is 0.733. The molecular formula is C15H18O5. The molecule has 4 atom stereocenters. The van der Waals surface area contributed by atoms with Crippen molar-refractivity contribution in [3.63, 3.8) is 0 Å². The summed E-state index contributed by atoms with van der Waals surface area (Å²) in [5, 5.41) is 9.44. The van der Waals surface area contributed by atoms with Crippen LogP contribution in [0.5, 0.6) is 0 Å². The molecule has 20 heavy (non-hydrogen) atoms. The average Bonchev–Trinajstić information content (AvgIpc) is 3.01. The Bertz CT molecular complexity index is 557. The van der Waals surface area contributed by atoms with Crippen LogP contribution in [0.3, 0.4) is 0 Å². The number of esters is 1. The van der Waals surface area contributed by atoms with E-state index < -0.39 is 17.0 Å². The van der Waals surface area contributed by atoms with Gasteiger partial charge < -0.3 is 14.6 Å². The summed E-state index contributed by atoms with van der Waals surface area (Å²) < 4.78 is 10.8. The van der Waals surface area contributed by atoms with Gasteiger partial charge in [-0.25, -0.2) is 9.59 Å². The first kappa shape index (κ1) is 12.4. The SMILES string of the molecule is CC1(C)C[C@H]2C=C(C(=O)O)[C@@H]3COC(=O)[C@]4(CO4)[C@]23C1. The summed E-state index contributed by atoms with van der Waals surface area (Å²) in [6, 6.07) is 0. The highest BCUT2D eigenvalue weighted by atomic mass is 16.6. The summed E-state index contributed by atoms with van der Waals surface area (Å²) in [7, 11) is 0. The second kappa shape index (κ2) is 3.27. The quantitative estimate of drug-likeness (QED) is 0.579. The lowest BCUT2D eigenvalue weighted by molar-refractivity contribution is -0.174. The number of allylic oxidation sites excluding steroid dienone is 1. The smallest absolute Gasteiger partial charge is 0.341 e. The van der Waals surface area contributed by atoms with Crippen molar-refractivity contribution in [2.24, 2.45) is 22.7 Å². The number of carbonyl (C=O) groups is 2. The summed E-state index contributed by atoms with van der Waals surface area (Å²) >= 11 is 0. The molecule has 0 unspecified atom stereocenters. The van der Waals surface area contributed by atoms with E-state index in [0.29, 0.717) is 12.2 Å². The van der Waals surface area contributed by atoms with E-state index in [0.717, 1.165) is 12.8 Å². The summed E-state index contributed by atoms with van der Waals surface area (Å²) in [4.78, 5) is 23.7. The maximum absolute atomic E-state index is 12.2. The molecule has 2 saturated heterocycles. The number of aliphatic carboxylic acids is 1. The van der Waals surface area contributed by atoms with E-state index in [1.165, 1.54) is 0 Å². The van der Waals surface area contributed by atoms with Crippen LogP contribution in [0.4, 0.5) is 0 Å². The zero-order valence-electron chi connectivity index (χ0n) is 11.6. The molecule has 1 saturated carbocycles. The van der Waals surface area contributed by atoms with Crippen LogP contribution in [-0.2, 0) is 19.1 Å². The Morgan fingerprint density at radius 3 is 2.75 bits per heavy atom. The molecule has 0 aromatic carbocycles. The fourth-order valence-corrected chi connectivity index (χ4v) is 5.08. The van der Waals surface area contributed by atoms with Crippen LogP contribution in [0.2, 0.25) is 0 Å². The summed E-state index contributed by atoms with van der Waals surface area (Å²) in [6.07, 6.45) is 3.59. The van der Waals surface area contributed by atoms with Crippen LogP contribution >= 0.6 is 0 Å². The van der Waals surface area contributed by atoms with Crippen molar-refractivity contribution in [2.45, 2.75) is 32.3 Å². The molecule has 5 nitrogen and oxygen atoms in total. The van der Waals surface area contributed by atoms with E-state index >= 15 is 0 Å². The Morgan fingerprint density at radius 2 is 2.15 bits per heavy atom.